The Morgan fingerprint density at radius 2 is 2.03 bits per heavy atom. The lowest BCUT2D eigenvalue weighted by Gasteiger charge is -2.17. The first kappa shape index (κ1) is 22.5. The van der Waals surface area contributed by atoms with Crippen LogP contribution in [-0.2, 0) is 16.0 Å². The lowest BCUT2D eigenvalue weighted by molar-refractivity contribution is -0.141. The van der Waals surface area contributed by atoms with Crippen LogP contribution in [0.2, 0.25) is 0 Å². The zero-order chi connectivity index (χ0) is 24.5. The highest BCUT2D eigenvalue weighted by Gasteiger charge is 2.32. The highest BCUT2D eigenvalue weighted by atomic mass is 19.1. The number of methoxy groups -OCH3 is 1. The van der Waals surface area contributed by atoms with Crippen molar-refractivity contribution >= 4 is 5.97 Å². The van der Waals surface area contributed by atoms with Crippen molar-refractivity contribution in [2.24, 2.45) is 0 Å². The summed E-state index contributed by atoms with van der Waals surface area (Å²) in [6.07, 6.45) is 0.853. The number of phenolic OH excluding ortho intramolecular Hbond substituents is 1. The van der Waals surface area contributed by atoms with Crippen LogP contribution in [0.3, 0.4) is 0 Å². The Labute approximate surface area is 201 Å². The molecule has 0 radical (unpaired) electrons. The van der Waals surface area contributed by atoms with Gasteiger partial charge in [-0.1, -0.05) is 6.07 Å². The van der Waals surface area contributed by atoms with Crippen LogP contribution >= 0.6 is 0 Å². The Morgan fingerprint density at radius 1 is 1.20 bits per heavy atom. The van der Waals surface area contributed by atoms with Crippen LogP contribution in [0.15, 0.2) is 48.5 Å². The van der Waals surface area contributed by atoms with Crippen molar-refractivity contribution in [3.05, 3.63) is 76.6 Å². The molecule has 5 rings (SSSR count). The van der Waals surface area contributed by atoms with Crippen molar-refractivity contribution < 1.29 is 33.2 Å². The second-order valence-corrected chi connectivity index (χ2v) is 8.46. The number of benzene rings is 3. The second kappa shape index (κ2) is 9.18. The zero-order valence-electron chi connectivity index (χ0n) is 18.9. The fourth-order valence-electron chi connectivity index (χ4n) is 4.60. The predicted molar refractivity (Wildman–Crippen MR) is 122 cm³/mol. The second-order valence-electron chi connectivity index (χ2n) is 8.46. The topological polar surface area (TPSA) is 98.0 Å². The fourth-order valence-corrected chi connectivity index (χ4v) is 4.60. The van der Waals surface area contributed by atoms with Gasteiger partial charge in [0.1, 0.15) is 46.7 Å². The minimum absolute atomic E-state index is 0.0719. The Morgan fingerprint density at radius 3 is 2.83 bits per heavy atom. The molecule has 3 aromatic rings. The van der Waals surface area contributed by atoms with E-state index in [0.29, 0.717) is 53.6 Å². The van der Waals surface area contributed by atoms with Gasteiger partial charge in [0.2, 0.25) is 0 Å². The third kappa shape index (κ3) is 4.33. The quantitative estimate of drug-likeness (QED) is 0.483. The maximum Gasteiger partial charge on any atom is 0.306 e. The molecule has 8 heteroatoms. The van der Waals surface area contributed by atoms with E-state index in [-0.39, 0.29) is 35.4 Å². The fraction of sp³-hybridized carbons (Fsp3) is 0.259. The minimum atomic E-state index is -0.506. The van der Waals surface area contributed by atoms with Gasteiger partial charge in [0.05, 0.1) is 25.7 Å². The third-order valence-corrected chi connectivity index (χ3v) is 6.34. The lowest BCUT2D eigenvalue weighted by Crippen LogP contribution is -2.09. The Bertz CT molecular complexity index is 1350. The summed E-state index contributed by atoms with van der Waals surface area (Å²) in [5, 5.41) is 18.9. The molecule has 1 aliphatic heterocycles. The summed E-state index contributed by atoms with van der Waals surface area (Å²) < 4.78 is 37.5. The molecule has 0 fully saturated rings. The van der Waals surface area contributed by atoms with Gasteiger partial charge in [-0.2, -0.15) is 5.26 Å². The monoisotopic (exact) mass is 475 g/mol. The summed E-state index contributed by atoms with van der Waals surface area (Å²) in [6, 6.07) is 14.6. The minimum Gasteiger partial charge on any atom is -0.507 e. The Kier molecular flexibility index (Phi) is 5.91. The van der Waals surface area contributed by atoms with Crippen LogP contribution < -0.4 is 14.2 Å². The summed E-state index contributed by atoms with van der Waals surface area (Å²) in [5.74, 6) is 1.16. The first-order chi connectivity index (χ1) is 17.0. The normalized spacial score (nSPS) is 17.6. The average molecular weight is 475 g/mol. The van der Waals surface area contributed by atoms with E-state index in [1.54, 1.807) is 24.3 Å². The Hall–Kier alpha value is -4.25. The van der Waals surface area contributed by atoms with Crippen molar-refractivity contribution in [3.63, 3.8) is 0 Å². The molecule has 7 nitrogen and oxygen atoms in total. The van der Waals surface area contributed by atoms with Crippen molar-refractivity contribution in [2.45, 2.75) is 31.3 Å². The highest BCUT2D eigenvalue weighted by Crippen LogP contribution is 2.44. The first-order valence-electron chi connectivity index (χ1n) is 11.2. The average Bonchev–Trinajstić information content (AvgIpc) is 3.46. The van der Waals surface area contributed by atoms with E-state index >= 15 is 0 Å². The number of halogens is 1. The molecule has 0 spiro atoms. The lowest BCUT2D eigenvalue weighted by atomic mass is 9.98. The van der Waals surface area contributed by atoms with Gasteiger partial charge in [-0.25, -0.2) is 4.39 Å². The van der Waals surface area contributed by atoms with Crippen molar-refractivity contribution in [1.82, 2.24) is 0 Å². The number of nitriles is 1. The number of phenols is 1. The number of hydrogen-bond donors (Lipinski definition) is 1. The molecule has 0 saturated carbocycles. The van der Waals surface area contributed by atoms with Crippen molar-refractivity contribution in [2.75, 3.05) is 13.7 Å². The largest absolute Gasteiger partial charge is 0.507 e. The molecule has 1 heterocycles. The SMILES string of the molecule is COC(=O)CC1COc2cc(OC3CCc4c(Oc5ccc(O)c(C#N)c5)ccc(F)c43)ccc21. The van der Waals surface area contributed by atoms with Crippen LogP contribution in [0, 0.1) is 17.1 Å². The van der Waals surface area contributed by atoms with Crippen LogP contribution in [0.5, 0.6) is 28.7 Å². The number of fused-ring (bicyclic) bond motifs is 2. The van der Waals surface area contributed by atoms with Gasteiger partial charge in [-0.3, -0.25) is 4.79 Å². The molecule has 0 saturated heterocycles. The van der Waals surface area contributed by atoms with Crippen LogP contribution in [0.1, 0.15) is 47.1 Å². The van der Waals surface area contributed by atoms with Crippen LogP contribution in [-0.4, -0.2) is 24.8 Å². The maximum atomic E-state index is 14.9. The van der Waals surface area contributed by atoms with Gasteiger partial charge in [-0.15, -0.1) is 0 Å². The number of hydrogen-bond acceptors (Lipinski definition) is 7. The van der Waals surface area contributed by atoms with Gasteiger partial charge < -0.3 is 24.1 Å². The van der Waals surface area contributed by atoms with Gasteiger partial charge in [0.15, 0.2) is 0 Å². The number of esters is 1. The molecule has 35 heavy (non-hydrogen) atoms. The summed E-state index contributed by atoms with van der Waals surface area (Å²) in [7, 11) is 1.36. The smallest absolute Gasteiger partial charge is 0.306 e. The number of rotatable bonds is 6. The van der Waals surface area contributed by atoms with E-state index in [9.17, 15) is 14.3 Å². The number of nitrogens with zero attached hydrogens (tertiary/aromatic N) is 1. The maximum absolute atomic E-state index is 14.9. The van der Waals surface area contributed by atoms with E-state index in [2.05, 4.69) is 0 Å². The van der Waals surface area contributed by atoms with Gasteiger partial charge in [0, 0.05) is 34.7 Å². The molecule has 2 unspecified atom stereocenters. The number of carbonyl (C=O) groups excluding carboxylic acids is 1. The molecule has 0 aromatic heterocycles. The van der Waals surface area contributed by atoms with E-state index in [1.165, 1.54) is 25.3 Å². The standard InChI is InChI=1S/C27H22FNO6/c1-32-26(31)11-16-14-33-25-12-18(2-4-19(16)25)35-24-8-5-20-23(9-6-21(28)27(20)24)34-17-3-7-22(30)15(10-17)13-29/h2-4,6-7,9-10,12,16,24,30H,5,8,11,14H2,1H3. The Balaban J connectivity index is 1.36. The van der Waals surface area contributed by atoms with E-state index in [0.717, 1.165) is 5.56 Å². The van der Waals surface area contributed by atoms with E-state index in [1.807, 2.05) is 12.1 Å². The molecule has 178 valence electrons. The summed E-state index contributed by atoms with van der Waals surface area (Å²) >= 11 is 0. The zero-order valence-corrected chi connectivity index (χ0v) is 18.9. The molecule has 1 N–H and O–H groups in total. The summed E-state index contributed by atoms with van der Waals surface area (Å²) in [5.41, 5.74) is 2.15. The van der Waals surface area contributed by atoms with Crippen molar-refractivity contribution in [1.29, 1.82) is 5.26 Å². The highest BCUT2D eigenvalue weighted by molar-refractivity contribution is 5.71. The summed E-state index contributed by atoms with van der Waals surface area (Å²) in [6.45, 7) is 0.389. The van der Waals surface area contributed by atoms with Crippen LogP contribution in [0.4, 0.5) is 4.39 Å². The third-order valence-electron chi connectivity index (χ3n) is 6.34. The molecule has 2 aliphatic rings. The number of ether oxygens (including phenoxy) is 4. The van der Waals surface area contributed by atoms with E-state index in [4.69, 9.17) is 24.2 Å². The van der Waals surface area contributed by atoms with Crippen LogP contribution in [0.25, 0.3) is 0 Å². The molecule has 2 atom stereocenters. The van der Waals surface area contributed by atoms with Gasteiger partial charge in [0.25, 0.3) is 0 Å². The number of aromatic hydroxyl groups is 1. The van der Waals surface area contributed by atoms with E-state index < -0.39 is 6.10 Å². The molecular formula is C27H22FNO6. The molecule has 3 aromatic carbocycles. The summed E-state index contributed by atoms with van der Waals surface area (Å²) in [4.78, 5) is 11.6. The van der Waals surface area contributed by atoms with Gasteiger partial charge in [-0.05, 0) is 43.2 Å². The molecule has 0 amide bonds. The molecule has 1 aliphatic carbocycles. The van der Waals surface area contributed by atoms with Gasteiger partial charge >= 0.3 is 5.97 Å². The number of carbonyl (C=O) groups is 1. The molecular weight excluding hydrogens is 453 g/mol. The first-order valence-corrected chi connectivity index (χ1v) is 11.2. The predicted octanol–water partition coefficient (Wildman–Crippen LogP) is 5.30. The molecule has 0 bridgehead atoms. The van der Waals surface area contributed by atoms with Crippen molar-refractivity contribution in [3.8, 4) is 34.8 Å².